The zero-order chi connectivity index (χ0) is 13.7. The lowest BCUT2D eigenvalue weighted by Crippen LogP contribution is -2.46. The topological polar surface area (TPSA) is 78.9 Å². The molecule has 2 N–H and O–H groups in total. The summed E-state index contributed by atoms with van der Waals surface area (Å²) in [6, 6.07) is 0.0240. The highest BCUT2D eigenvalue weighted by Crippen LogP contribution is 2.27. The Labute approximate surface area is 113 Å². The number of rotatable bonds is 6. The van der Waals surface area contributed by atoms with Gasteiger partial charge in [-0.1, -0.05) is 0 Å². The van der Waals surface area contributed by atoms with Gasteiger partial charge >= 0.3 is 12.0 Å². The van der Waals surface area contributed by atoms with Crippen LogP contribution >= 0.6 is 0 Å². The highest BCUT2D eigenvalue weighted by Gasteiger charge is 2.26. The largest absolute Gasteiger partial charge is 0.481 e. The molecule has 6 heteroatoms. The molecule has 2 amide bonds. The molecule has 2 rings (SSSR count). The third-order valence-corrected chi connectivity index (χ3v) is 3.64. The molecule has 0 aromatic heterocycles. The standard InChI is InChI=1S/C13H22N2O4/c16-12(17)5-8-19-11-3-6-15(7-4-11)13(18)14-9-10-1-2-10/h10-11H,1-9H2,(H,14,18)(H,16,17). The summed E-state index contributed by atoms with van der Waals surface area (Å²) >= 11 is 0. The summed E-state index contributed by atoms with van der Waals surface area (Å²) in [7, 11) is 0. The number of carbonyl (C=O) groups excluding carboxylic acids is 1. The highest BCUT2D eigenvalue weighted by molar-refractivity contribution is 5.74. The predicted molar refractivity (Wildman–Crippen MR) is 68.9 cm³/mol. The third-order valence-electron chi connectivity index (χ3n) is 3.64. The van der Waals surface area contributed by atoms with Crippen LogP contribution in [0.5, 0.6) is 0 Å². The van der Waals surface area contributed by atoms with Gasteiger partial charge in [-0.05, 0) is 31.6 Å². The lowest BCUT2D eigenvalue weighted by molar-refractivity contribution is -0.138. The normalized spacial score (nSPS) is 20.3. The average Bonchev–Trinajstić information content (AvgIpc) is 3.20. The van der Waals surface area contributed by atoms with Crippen LogP contribution in [0.15, 0.2) is 0 Å². The Kier molecular flexibility index (Phi) is 5.01. The number of piperidine rings is 1. The Morgan fingerprint density at radius 1 is 1.21 bits per heavy atom. The van der Waals surface area contributed by atoms with Gasteiger partial charge in [0, 0.05) is 19.6 Å². The number of hydrogen-bond acceptors (Lipinski definition) is 3. The summed E-state index contributed by atoms with van der Waals surface area (Å²) in [6.07, 6.45) is 4.18. The molecule has 2 aliphatic rings. The molecule has 1 aliphatic carbocycles. The van der Waals surface area contributed by atoms with Gasteiger partial charge in [-0.2, -0.15) is 0 Å². The molecule has 108 valence electrons. The SMILES string of the molecule is O=C(O)CCOC1CCN(C(=O)NCC2CC2)CC1. The van der Waals surface area contributed by atoms with E-state index < -0.39 is 5.97 Å². The molecule has 0 radical (unpaired) electrons. The first-order chi connectivity index (χ1) is 9.15. The van der Waals surface area contributed by atoms with E-state index in [1.54, 1.807) is 0 Å². The van der Waals surface area contributed by atoms with E-state index >= 15 is 0 Å². The summed E-state index contributed by atoms with van der Waals surface area (Å²) in [5.41, 5.74) is 0. The maximum atomic E-state index is 11.8. The molecule has 0 aromatic rings. The Balaban J connectivity index is 1.58. The van der Waals surface area contributed by atoms with Crippen LogP contribution in [0.2, 0.25) is 0 Å². The Morgan fingerprint density at radius 2 is 1.89 bits per heavy atom. The van der Waals surface area contributed by atoms with Crippen LogP contribution in [0.1, 0.15) is 32.1 Å². The first kappa shape index (κ1) is 14.1. The minimum absolute atomic E-state index is 0.0240. The van der Waals surface area contributed by atoms with Crippen molar-refractivity contribution in [2.24, 2.45) is 5.92 Å². The van der Waals surface area contributed by atoms with E-state index in [1.165, 1.54) is 12.8 Å². The maximum absolute atomic E-state index is 11.8. The second-order valence-electron chi connectivity index (χ2n) is 5.33. The van der Waals surface area contributed by atoms with Gasteiger partial charge in [0.25, 0.3) is 0 Å². The Morgan fingerprint density at radius 3 is 2.47 bits per heavy atom. The number of likely N-dealkylation sites (tertiary alicyclic amines) is 1. The lowest BCUT2D eigenvalue weighted by atomic mass is 10.1. The minimum atomic E-state index is -0.836. The van der Waals surface area contributed by atoms with Crippen LogP contribution in [0, 0.1) is 5.92 Å². The zero-order valence-corrected chi connectivity index (χ0v) is 11.1. The van der Waals surface area contributed by atoms with Gasteiger partial charge in [0.15, 0.2) is 0 Å². The number of amides is 2. The van der Waals surface area contributed by atoms with E-state index in [2.05, 4.69) is 5.32 Å². The van der Waals surface area contributed by atoms with Crippen molar-refractivity contribution in [1.29, 1.82) is 0 Å². The summed E-state index contributed by atoms with van der Waals surface area (Å²) in [4.78, 5) is 24.0. The predicted octanol–water partition coefficient (Wildman–Crippen LogP) is 1.06. The van der Waals surface area contributed by atoms with Gasteiger partial charge in [-0.15, -0.1) is 0 Å². The van der Waals surface area contributed by atoms with E-state index in [0.29, 0.717) is 19.0 Å². The zero-order valence-electron chi connectivity index (χ0n) is 11.1. The highest BCUT2D eigenvalue weighted by atomic mass is 16.5. The van der Waals surface area contributed by atoms with Crippen LogP contribution in [0.3, 0.4) is 0 Å². The summed E-state index contributed by atoms with van der Waals surface area (Å²) < 4.78 is 5.49. The van der Waals surface area contributed by atoms with E-state index in [4.69, 9.17) is 9.84 Å². The fourth-order valence-electron chi connectivity index (χ4n) is 2.20. The van der Waals surface area contributed by atoms with Crippen molar-refractivity contribution < 1.29 is 19.4 Å². The van der Waals surface area contributed by atoms with Gasteiger partial charge in [0.05, 0.1) is 19.1 Å². The average molecular weight is 270 g/mol. The van der Waals surface area contributed by atoms with Crippen molar-refractivity contribution in [1.82, 2.24) is 10.2 Å². The molecule has 0 unspecified atom stereocenters. The molecule has 1 heterocycles. The first-order valence-electron chi connectivity index (χ1n) is 7.01. The van der Waals surface area contributed by atoms with Crippen LogP contribution in [0.25, 0.3) is 0 Å². The Hall–Kier alpha value is -1.30. The quantitative estimate of drug-likeness (QED) is 0.756. The summed E-state index contributed by atoms with van der Waals surface area (Å²) in [5.74, 6) is -0.141. The van der Waals surface area contributed by atoms with Gasteiger partial charge in [0.2, 0.25) is 0 Å². The smallest absolute Gasteiger partial charge is 0.317 e. The van der Waals surface area contributed by atoms with Gasteiger partial charge in [0.1, 0.15) is 0 Å². The molecule has 0 aromatic carbocycles. The molecule has 6 nitrogen and oxygen atoms in total. The fourth-order valence-corrected chi connectivity index (χ4v) is 2.20. The van der Waals surface area contributed by atoms with Crippen molar-refractivity contribution in [3.8, 4) is 0 Å². The van der Waals surface area contributed by atoms with Crippen molar-refractivity contribution >= 4 is 12.0 Å². The van der Waals surface area contributed by atoms with Crippen LogP contribution < -0.4 is 5.32 Å². The van der Waals surface area contributed by atoms with Crippen LogP contribution in [-0.4, -0.2) is 54.4 Å². The number of hydrogen-bond donors (Lipinski definition) is 2. The molecule has 19 heavy (non-hydrogen) atoms. The van der Waals surface area contributed by atoms with Crippen molar-refractivity contribution in [2.75, 3.05) is 26.2 Å². The molecule has 0 bridgehead atoms. The minimum Gasteiger partial charge on any atom is -0.481 e. The van der Waals surface area contributed by atoms with Crippen molar-refractivity contribution in [3.05, 3.63) is 0 Å². The van der Waals surface area contributed by atoms with E-state index in [0.717, 1.165) is 19.4 Å². The van der Waals surface area contributed by atoms with Crippen LogP contribution in [-0.2, 0) is 9.53 Å². The Bertz CT molecular complexity index is 323. The van der Waals surface area contributed by atoms with Gasteiger partial charge in [-0.3, -0.25) is 4.79 Å². The lowest BCUT2D eigenvalue weighted by Gasteiger charge is -2.31. The number of urea groups is 1. The molecule has 1 saturated heterocycles. The number of aliphatic carboxylic acids is 1. The van der Waals surface area contributed by atoms with Crippen molar-refractivity contribution in [3.63, 3.8) is 0 Å². The number of carboxylic acid groups (broad SMARTS) is 1. The number of nitrogens with one attached hydrogen (secondary N) is 1. The number of carbonyl (C=O) groups is 2. The fraction of sp³-hybridized carbons (Fsp3) is 0.846. The van der Waals surface area contributed by atoms with E-state index in [-0.39, 0.29) is 25.2 Å². The summed E-state index contributed by atoms with van der Waals surface area (Å²) in [5, 5.41) is 11.5. The van der Waals surface area contributed by atoms with Crippen LogP contribution in [0.4, 0.5) is 4.79 Å². The molecule has 1 saturated carbocycles. The molecule has 0 spiro atoms. The molecule has 1 aliphatic heterocycles. The van der Waals surface area contributed by atoms with Gasteiger partial charge in [-0.25, -0.2) is 4.79 Å². The second kappa shape index (κ2) is 6.75. The molecular weight excluding hydrogens is 248 g/mol. The molecular formula is C13H22N2O4. The summed E-state index contributed by atoms with van der Waals surface area (Å²) in [6.45, 7) is 2.43. The molecule has 0 atom stereocenters. The number of nitrogens with zero attached hydrogens (tertiary/aromatic N) is 1. The maximum Gasteiger partial charge on any atom is 0.317 e. The molecule has 2 fully saturated rings. The number of ether oxygens (including phenoxy) is 1. The first-order valence-corrected chi connectivity index (χ1v) is 7.01. The van der Waals surface area contributed by atoms with E-state index in [9.17, 15) is 9.59 Å². The second-order valence-corrected chi connectivity index (χ2v) is 5.33. The van der Waals surface area contributed by atoms with Crippen molar-refractivity contribution in [2.45, 2.75) is 38.2 Å². The third kappa shape index (κ3) is 5.06. The van der Waals surface area contributed by atoms with Gasteiger partial charge < -0.3 is 20.1 Å². The monoisotopic (exact) mass is 270 g/mol. The number of carboxylic acids is 1. The van der Waals surface area contributed by atoms with E-state index in [1.807, 2.05) is 4.90 Å².